The van der Waals surface area contributed by atoms with Gasteiger partial charge in [-0.05, 0) is 12.1 Å². The first-order valence-electron chi connectivity index (χ1n) is 5.85. The first-order chi connectivity index (χ1) is 9.88. The number of hydrogen-bond donors (Lipinski definition) is 2. The van der Waals surface area contributed by atoms with Gasteiger partial charge in [0, 0.05) is 29.8 Å². The Labute approximate surface area is 117 Å². The Balaban J connectivity index is 2.19. The summed E-state index contributed by atoms with van der Waals surface area (Å²) in [4.78, 5) is 10.9. The topological polar surface area (TPSA) is 55.1 Å². The molecule has 7 heteroatoms. The first-order valence-corrected chi connectivity index (χ1v) is 5.85. The quantitative estimate of drug-likeness (QED) is 0.853. The van der Waals surface area contributed by atoms with Gasteiger partial charge in [-0.1, -0.05) is 6.07 Å². The van der Waals surface area contributed by atoms with Crippen LogP contribution in [0.5, 0.6) is 0 Å². The zero-order valence-electron chi connectivity index (χ0n) is 10.6. The molecule has 3 N–H and O–H groups in total. The monoisotopic (exact) mass is 298 g/mol. The third-order valence-corrected chi connectivity index (χ3v) is 2.80. The van der Waals surface area contributed by atoms with E-state index in [4.69, 9.17) is 5.73 Å². The van der Waals surface area contributed by atoms with Gasteiger partial charge in [0.15, 0.2) is 11.6 Å². The molecule has 0 aromatic heterocycles. The van der Waals surface area contributed by atoms with Crippen LogP contribution in [0.15, 0.2) is 30.3 Å². The van der Waals surface area contributed by atoms with Crippen LogP contribution >= 0.6 is 0 Å². The van der Waals surface area contributed by atoms with Gasteiger partial charge in [-0.25, -0.2) is 17.6 Å². The molecule has 0 heterocycles. The molecule has 0 unspecified atom stereocenters. The van der Waals surface area contributed by atoms with E-state index in [1.54, 1.807) is 0 Å². The normalized spacial score (nSPS) is 10.5. The van der Waals surface area contributed by atoms with E-state index in [2.05, 4.69) is 5.32 Å². The summed E-state index contributed by atoms with van der Waals surface area (Å²) in [5, 5.41) is 2.34. The number of carbonyl (C=O) groups excluding carboxylic acids is 1. The lowest BCUT2D eigenvalue weighted by Crippen LogP contribution is -2.12. The molecule has 0 atom stereocenters. The maximum atomic E-state index is 13.7. The molecule has 2 aromatic carbocycles. The maximum Gasteiger partial charge on any atom is 0.248 e. The number of amides is 1. The highest BCUT2D eigenvalue weighted by molar-refractivity contribution is 5.92. The molecule has 0 saturated heterocycles. The second-order valence-corrected chi connectivity index (χ2v) is 4.27. The van der Waals surface area contributed by atoms with E-state index in [0.717, 1.165) is 6.07 Å². The number of primary amides is 1. The number of benzene rings is 2. The van der Waals surface area contributed by atoms with Crippen molar-refractivity contribution in [1.82, 2.24) is 0 Å². The van der Waals surface area contributed by atoms with E-state index in [1.807, 2.05) is 0 Å². The van der Waals surface area contributed by atoms with Gasteiger partial charge in [0.05, 0.1) is 0 Å². The van der Waals surface area contributed by atoms with Crippen LogP contribution in [0.1, 0.15) is 15.9 Å². The van der Waals surface area contributed by atoms with Crippen molar-refractivity contribution in [2.45, 2.75) is 6.54 Å². The van der Waals surface area contributed by atoms with E-state index in [0.29, 0.717) is 12.1 Å². The van der Waals surface area contributed by atoms with Crippen molar-refractivity contribution in [1.29, 1.82) is 0 Å². The van der Waals surface area contributed by atoms with Crippen LogP contribution in [-0.2, 0) is 6.54 Å². The fraction of sp³-hybridized carbons (Fsp3) is 0.0714. The van der Waals surface area contributed by atoms with Gasteiger partial charge in [0.2, 0.25) is 5.91 Å². The fourth-order valence-corrected chi connectivity index (χ4v) is 1.74. The Morgan fingerprint density at radius 3 is 2.14 bits per heavy atom. The fourth-order valence-electron chi connectivity index (χ4n) is 1.74. The number of nitrogens with one attached hydrogen (secondary N) is 1. The lowest BCUT2D eigenvalue weighted by Gasteiger charge is -2.10. The molecule has 0 spiro atoms. The Hall–Kier alpha value is -2.57. The Morgan fingerprint density at radius 1 is 1.00 bits per heavy atom. The molecule has 0 fully saturated rings. The molecule has 0 aliphatic carbocycles. The Kier molecular flexibility index (Phi) is 4.11. The lowest BCUT2D eigenvalue weighted by molar-refractivity contribution is 0.1000. The maximum absolute atomic E-state index is 13.7. The molecule has 1 amide bonds. The zero-order chi connectivity index (χ0) is 15.6. The summed E-state index contributed by atoms with van der Waals surface area (Å²) in [5.41, 5.74) is 4.49. The summed E-state index contributed by atoms with van der Waals surface area (Å²) in [6.07, 6.45) is 0. The molecule has 0 radical (unpaired) electrons. The lowest BCUT2D eigenvalue weighted by atomic mass is 10.1. The summed E-state index contributed by atoms with van der Waals surface area (Å²) in [6, 6.07) is 4.51. The predicted molar refractivity (Wildman–Crippen MR) is 68.6 cm³/mol. The minimum absolute atomic E-state index is 0.0182. The van der Waals surface area contributed by atoms with Crippen molar-refractivity contribution < 1.29 is 22.4 Å². The average Bonchev–Trinajstić information content (AvgIpc) is 2.38. The number of rotatable bonds is 4. The smallest absolute Gasteiger partial charge is 0.248 e. The Bertz CT molecular complexity index is 680. The van der Waals surface area contributed by atoms with Gasteiger partial charge < -0.3 is 11.1 Å². The number of anilines is 1. The van der Waals surface area contributed by atoms with Crippen LogP contribution < -0.4 is 11.1 Å². The first kappa shape index (κ1) is 14.8. The van der Waals surface area contributed by atoms with Crippen LogP contribution in [0.2, 0.25) is 0 Å². The van der Waals surface area contributed by atoms with Crippen molar-refractivity contribution in [3.63, 3.8) is 0 Å². The van der Waals surface area contributed by atoms with Gasteiger partial charge in [-0.3, -0.25) is 4.79 Å². The van der Waals surface area contributed by atoms with E-state index in [-0.39, 0.29) is 17.7 Å². The van der Waals surface area contributed by atoms with Crippen molar-refractivity contribution in [3.05, 3.63) is 64.7 Å². The van der Waals surface area contributed by atoms with Gasteiger partial charge in [0.1, 0.15) is 17.3 Å². The summed E-state index contributed by atoms with van der Waals surface area (Å²) in [5.74, 6) is -4.83. The third-order valence-electron chi connectivity index (χ3n) is 2.80. The highest BCUT2D eigenvalue weighted by Crippen LogP contribution is 2.21. The predicted octanol–water partition coefficient (Wildman–Crippen LogP) is 2.95. The number of halogens is 4. The molecule has 0 aliphatic heterocycles. The second kappa shape index (κ2) is 5.82. The molecule has 3 nitrogen and oxygen atoms in total. The number of nitrogens with two attached hydrogens (primary N) is 1. The van der Waals surface area contributed by atoms with E-state index >= 15 is 0 Å². The van der Waals surface area contributed by atoms with E-state index < -0.39 is 34.9 Å². The van der Waals surface area contributed by atoms with E-state index in [1.165, 1.54) is 12.1 Å². The minimum Gasteiger partial charge on any atom is -0.376 e. The molecular weight excluding hydrogens is 288 g/mol. The van der Waals surface area contributed by atoms with Crippen LogP contribution in [0.3, 0.4) is 0 Å². The summed E-state index contributed by atoms with van der Waals surface area (Å²) in [7, 11) is 0. The van der Waals surface area contributed by atoms with Gasteiger partial charge >= 0.3 is 0 Å². The Morgan fingerprint density at radius 2 is 1.62 bits per heavy atom. The molecule has 110 valence electrons. The average molecular weight is 298 g/mol. The van der Waals surface area contributed by atoms with Crippen LogP contribution in [-0.4, -0.2) is 5.91 Å². The minimum atomic E-state index is -1.12. The second-order valence-electron chi connectivity index (χ2n) is 4.27. The third kappa shape index (κ3) is 3.31. The molecule has 2 rings (SSSR count). The SMILES string of the molecule is NC(=O)c1ccc(CNc2c(F)cc(F)cc2F)c(F)c1. The van der Waals surface area contributed by atoms with Gasteiger partial charge in [0.25, 0.3) is 0 Å². The van der Waals surface area contributed by atoms with Crippen LogP contribution in [0.4, 0.5) is 23.2 Å². The summed E-state index contributed by atoms with van der Waals surface area (Å²) >= 11 is 0. The van der Waals surface area contributed by atoms with Crippen LogP contribution in [0.25, 0.3) is 0 Å². The standard InChI is InChI=1S/C14H10F4N2O/c15-9-4-11(17)13(12(18)5-9)20-6-8-2-1-7(14(19)21)3-10(8)16/h1-5,20H,6H2,(H2,19,21). The van der Waals surface area contributed by atoms with Crippen molar-refractivity contribution in [2.24, 2.45) is 5.73 Å². The van der Waals surface area contributed by atoms with Crippen molar-refractivity contribution in [3.8, 4) is 0 Å². The van der Waals surface area contributed by atoms with Crippen LogP contribution in [0, 0.1) is 23.3 Å². The zero-order valence-corrected chi connectivity index (χ0v) is 10.6. The van der Waals surface area contributed by atoms with Crippen molar-refractivity contribution in [2.75, 3.05) is 5.32 Å². The van der Waals surface area contributed by atoms with Crippen molar-refractivity contribution >= 4 is 11.6 Å². The molecular formula is C14H10F4N2O. The van der Waals surface area contributed by atoms with Gasteiger partial charge in [-0.15, -0.1) is 0 Å². The molecule has 0 bridgehead atoms. The van der Waals surface area contributed by atoms with Gasteiger partial charge in [-0.2, -0.15) is 0 Å². The molecule has 0 aliphatic rings. The highest BCUT2D eigenvalue weighted by atomic mass is 19.1. The number of carbonyl (C=O) groups is 1. The summed E-state index contributed by atoms with van der Waals surface area (Å²) in [6.45, 7) is -0.246. The molecule has 2 aromatic rings. The highest BCUT2D eigenvalue weighted by Gasteiger charge is 2.12. The number of hydrogen-bond acceptors (Lipinski definition) is 2. The summed E-state index contributed by atoms with van der Waals surface area (Å²) < 4.78 is 53.2. The molecule has 21 heavy (non-hydrogen) atoms. The molecule has 0 saturated carbocycles. The largest absolute Gasteiger partial charge is 0.376 e. The van der Waals surface area contributed by atoms with E-state index in [9.17, 15) is 22.4 Å².